The molecule has 7 heteroatoms. The Morgan fingerprint density at radius 1 is 1.05 bits per heavy atom. The standard InChI is InChI=1S/C34H32N5O2/c1-4-22-15-18-39(19-16-22)33-36-29-13-10-23(28-21-38(3)32(40)30-26(28)14-17-35-30)20-27(29)31(37-33)34(2,41-25-11-12-25)24-8-6-5-7-9-24/h1,5-10,13-14,17,20-22,25,35H,2,11-12,15-16,18-19H2,3H3. The predicted octanol–water partition coefficient (Wildman–Crippen LogP) is 5.58. The van der Waals surface area contributed by atoms with Crippen LogP contribution in [0.5, 0.6) is 0 Å². The molecule has 0 amide bonds. The number of aromatic nitrogens is 4. The Hall–Kier alpha value is -4.41. The first-order chi connectivity index (χ1) is 19.9. The van der Waals surface area contributed by atoms with Crippen molar-refractivity contribution in [2.75, 3.05) is 18.0 Å². The van der Waals surface area contributed by atoms with E-state index in [0.717, 1.165) is 77.4 Å². The van der Waals surface area contributed by atoms with Crippen LogP contribution in [-0.2, 0) is 17.4 Å². The molecule has 1 saturated carbocycles. The van der Waals surface area contributed by atoms with Crippen LogP contribution in [0.1, 0.15) is 36.9 Å². The van der Waals surface area contributed by atoms with Gasteiger partial charge in [0.15, 0.2) is 0 Å². The molecule has 5 aromatic rings. The van der Waals surface area contributed by atoms with Gasteiger partial charge >= 0.3 is 0 Å². The molecule has 1 aliphatic heterocycles. The van der Waals surface area contributed by atoms with Crippen LogP contribution in [0.4, 0.5) is 5.95 Å². The molecular formula is C34H32N5O2. The average Bonchev–Trinajstić information content (AvgIpc) is 3.69. The Kier molecular flexibility index (Phi) is 6.17. The van der Waals surface area contributed by atoms with Gasteiger partial charge in [-0.3, -0.25) is 4.79 Å². The van der Waals surface area contributed by atoms with E-state index in [1.807, 2.05) is 36.5 Å². The molecule has 1 saturated heterocycles. The van der Waals surface area contributed by atoms with E-state index < -0.39 is 5.60 Å². The molecule has 3 aromatic heterocycles. The van der Waals surface area contributed by atoms with Crippen LogP contribution in [0, 0.1) is 25.2 Å². The fourth-order valence-electron chi connectivity index (χ4n) is 5.92. The summed E-state index contributed by atoms with van der Waals surface area (Å²) < 4.78 is 8.36. The van der Waals surface area contributed by atoms with Crippen LogP contribution in [0.15, 0.2) is 71.8 Å². The van der Waals surface area contributed by atoms with Crippen LogP contribution in [0.2, 0.25) is 0 Å². The molecule has 2 aromatic carbocycles. The Balaban J connectivity index is 1.45. The van der Waals surface area contributed by atoms with Crippen molar-refractivity contribution in [2.24, 2.45) is 13.0 Å². The molecule has 1 N–H and O–H groups in total. The highest BCUT2D eigenvalue weighted by molar-refractivity contribution is 5.97. The third-order valence-corrected chi connectivity index (χ3v) is 8.42. The minimum atomic E-state index is -1.03. The van der Waals surface area contributed by atoms with Gasteiger partial charge in [0.2, 0.25) is 5.95 Å². The number of hydrogen-bond donors (Lipinski definition) is 1. The van der Waals surface area contributed by atoms with E-state index in [9.17, 15) is 4.79 Å². The van der Waals surface area contributed by atoms with Crippen molar-refractivity contribution in [3.63, 3.8) is 0 Å². The number of rotatable bonds is 6. The van der Waals surface area contributed by atoms with E-state index in [-0.39, 0.29) is 17.6 Å². The van der Waals surface area contributed by atoms with E-state index >= 15 is 0 Å². The van der Waals surface area contributed by atoms with Crippen LogP contribution in [0.25, 0.3) is 32.9 Å². The maximum atomic E-state index is 12.7. The molecule has 41 heavy (non-hydrogen) atoms. The third kappa shape index (κ3) is 4.49. The van der Waals surface area contributed by atoms with Crippen LogP contribution in [-0.4, -0.2) is 38.7 Å². The normalized spacial score (nSPS) is 17.5. The lowest BCUT2D eigenvalue weighted by atomic mass is 9.88. The van der Waals surface area contributed by atoms with Gasteiger partial charge in [0.05, 0.1) is 17.3 Å². The van der Waals surface area contributed by atoms with Crippen molar-refractivity contribution in [1.82, 2.24) is 19.5 Å². The molecule has 7 rings (SSSR count). The Morgan fingerprint density at radius 3 is 2.56 bits per heavy atom. The van der Waals surface area contributed by atoms with Gasteiger partial charge in [0.1, 0.15) is 11.1 Å². The molecule has 1 unspecified atom stereocenters. The molecule has 7 nitrogen and oxygen atoms in total. The summed E-state index contributed by atoms with van der Waals surface area (Å²) in [7, 11) is 1.78. The number of fused-ring (bicyclic) bond motifs is 2. The topological polar surface area (TPSA) is 76.0 Å². The van der Waals surface area contributed by atoms with Crippen LogP contribution in [0.3, 0.4) is 0 Å². The van der Waals surface area contributed by atoms with Crippen molar-refractivity contribution in [1.29, 1.82) is 0 Å². The van der Waals surface area contributed by atoms with Gasteiger partial charge in [-0.25, -0.2) is 9.97 Å². The second-order valence-electron chi connectivity index (χ2n) is 11.3. The number of hydrogen-bond acceptors (Lipinski definition) is 5. The first-order valence-electron chi connectivity index (χ1n) is 14.2. The zero-order valence-corrected chi connectivity index (χ0v) is 23.1. The second kappa shape index (κ2) is 9.90. The minimum absolute atomic E-state index is 0.0597. The monoisotopic (exact) mass is 542 g/mol. The molecule has 2 fully saturated rings. The van der Waals surface area contributed by atoms with Crippen molar-refractivity contribution < 1.29 is 4.74 Å². The van der Waals surface area contributed by atoms with Crippen molar-refractivity contribution in [3.05, 3.63) is 95.5 Å². The summed E-state index contributed by atoms with van der Waals surface area (Å²) in [6, 6.07) is 18.3. The minimum Gasteiger partial charge on any atom is -0.361 e. The van der Waals surface area contributed by atoms with Gasteiger partial charge in [0.25, 0.3) is 5.56 Å². The van der Waals surface area contributed by atoms with Crippen LogP contribution < -0.4 is 10.5 Å². The highest BCUT2D eigenvalue weighted by Crippen LogP contribution is 2.43. The van der Waals surface area contributed by atoms with Crippen molar-refractivity contribution >= 4 is 27.8 Å². The Morgan fingerprint density at radius 2 is 1.83 bits per heavy atom. The van der Waals surface area contributed by atoms with Gasteiger partial charge in [0, 0.05) is 54.8 Å². The third-order valence-electron chi connectivity index (χ3n) is 8.42. The molecule has 0 spiro atoms. The number of pyridine rings is 1. The van der Waals surface area contributed by atoms with Gasteiger partial charge in [-0.05, 0) is 61.9 Å². The van der Waals surface area contributed by atoms with Gasteiger partial charge < -0.3 is 19.2 Å². The maximum absolute atomic E-state index is 12.7. The molecule has 1 radical (unpaired) electrons. The van der Waals surface area contributed by atoms with Crippen molar-refractivity contribution in [2.45, 2.75) is 37.4 Å². The number of ether oxygens (including phenoxy) is 1. The maximum Gasteiger partial charge on any atom is 0.274 e. The van der Waals surface area contributed by atoms with E-state index in [4.69, 9.17) is 28.1 Å². The summed E-state index contributed by atoms with van der Waals surface area (Å²) in [4.78, 5) is 28.4. The van der Waals surface area contributed by atoms with Crippen molar-refractivity contribution in [3.8, 4) is 23.5 Å². The predicted molar refractivity (Wildman–Crippen MR) is 163 cm³/mol. The number of terminal acetylenes is 1. The number of nitrogens with zero attached hydrogens (tertiary/aromatic N) is 4. The summed E-state index contributed by atoms with van der Waals surface area (Å²) in [5, 5.41) is 1.75. The molecular weight excluding hydrogens is 510 g/mol. The summed E-state index contributed by atoms with van der Waals surface area (Å²) >= 11 is 0. The van der Waals surface area contributed by atoms with Gasteiger partial charge in [-0.15, -0.1) is 12.3 Å². The fourth-order valence-corrected chi connectivity index (χ4v) is 5.92. The Bertz CT molecular complexity index is 1860. The average molecular weight is 543 g/mol. The molecule has 0 bridgehead atoms. The lowest BCUT2D eigenvalue weighted by molar-refractivity contribution is 0.00160. The number of aromatic amines is 1. The largest absolute Gasteiger partial charge is 0.361 e. The number of nitrogens with one attached hydrogen (secondary N) is 1. The molecule has 1 atom stereocenters. The fraction of sp³-hybridized carbons (Fsp3) is 0.294. The zero-order valence-electron chi connectivity index (χ0n) is 23.1. The van der Waals surface area contributed by atoms with E-state index in [0.29, 0.717) is 11.5 Å². The van der Waals surface area contributed by atoms with Crippen LogP contribution >= 0.6 is 0 Å². The SMILES string of the molecule is C#CC1CCN(c2nc(C([CH2])(OC3CC3)c3ccccc3)c3cc(-c4cn(C)c(=O)c5[nH]ccc45)ccc3n2)CC1. The number of benzene rings is 2. The summed E-state index contributed by atoms with van der Waals surface area (Å²) in [6.45, 7) is 6.33. The smallest absolute Gasteiger partial charge is 0.274 e. The highest BCUT2D eigenvalue weighted by atomic mass is 16.5. The van der Waals surface area contributed by atoms with Gasteiger partial charge in [-0.2, -0.15) is 0 Å². The van der Waals surface area contributed by atoms with E-state index in [2.05, 4.69) is 40.1 Å². The van der Waals surface area contributed by atoms with E-state index in [1.54, 1.807) is 17.8 Å². The Labute approximate surface area is 239 Å². The summed E-state index contributed by atoms with van der Waals surface area (Å²) in [6.07, 6.45) is 13.4. The lowest BCUT2D eigenvalue weighted by Gasteiger charge is -2.34. The second-order valence-corrected chi connectivity index (χ2v) is 11.3. The number of H-pyrrole nitrogens is 1. The number of piperidine rings is 1. The first kappa shape index (κ1) is 25.6. The molecule has 4 heterocycles. The first-order valence-corrected chi connectivity index (χ1v) is 14.2. The number of aryl methyl sites for hydroxylation is 1. The number of anilines is 1. The van der Waals surface area contributed by atoms with E-state index in [1.165, 1.54) is 0 Å². The summed E-state index contributed by atoms with van der Waals surface area (Å²) in [5.41, 5.74) is 3.93. The zero-order chi connectivity index (χ0) is 28.1. The quantitative estimate of drug-likeness (QED) is 0.284. The molecule has 1 aliphatic carbocycles. The van der Waals surface area contributed by atoms with Gasteiger partial charge in [-0.1, -0.05) is 36.4 Å². The summed E-state index contributed by atoms with van der Waals surface area (Å²) in [5.74, 6) is 3.87. The highest BCUT2D eigenvalue weighted by Gasteiger charge is 2.40. The molecule has 2 aliphatic rings. The lowest BCUT2D eigenvalue weighted by Crippen LogP contribution is -2.36. The molecule has 205 valence electrons.